The van der Waals surface area contributed by atoms with E-state index in [1.807, 2.05) is 29.0 Å². The Balaban J connectivity index is 2.43. The molecule has 21 heavy (non-hydrogen) atoms. The third-order valence-electron chi connectivity index (χ3n) is 3.43. The highest BCUT2D eigenvalue weighted by molar-refractivity contribution is 6.75. The van der Waals surface area contributed by atoms with Crippen LogP contribution in [0.5, 0.6) is 0 Å². The molecular formula is C15H20N2O3Si. The lowest BCUT2D eigenvalue weighted by molar-refractivity contribution is 0.140. The van der Waals surface area contributed by atoms with Gasteiger partial charge in [-0.05, 0) is 11.1 Å². The number of aromatic nitrogens is 2. The van der Waals surface area contributed by atoms with Crippen LogP contribution in [0, 0.1) is 0 Å². The first-order valence-corrected chi connectivity index (χ1v) is 8.28. The Labute approximate surface area is 126 Å². The quantitative estimate of drug-likeness (QED) is 0.730. The average molecular weight is 304 g/mol. The molecule has 6 heteroatoms. The number of hydrogen-bond acceptors (Lipinski definition) is 4. The van der Waals surface area contributed by atoms with Crippen LogP contribution in [0.2, 0.25) is 0 Å². The zero-order valence-electron chi connectivity index (χ0n) is 12.6. The van der Waals surface area contributed by atoms with Crippen LogP contribution in [0.3, 0.4) is 0 Å². The summed E-state index contributed by atoms with van der Waals surface area (Å²) in [5.41, 5.74) is 2.18. The van der Waals surface area contributed by atoms with Crippen LogP contribution in [0.15, 0.2) is 43.5 Å². The second-order valence-electron chi connectivity index (χ2n) is 4.52. The zero-order valence-corrected chi connectivity index (χ0v) is 13.6. The fraction of sp³-hybridized carbons (Fsp3) is 0.267. The van der Waals surface area contributed by atoms with Crippen LogP contribution in [0.1, 0.15) is 11.1 Å². The number of benzene rings is 1. The maximum atomic E-state index is 5.54. The first-order valence-electron chi connectivity index (χ1n) is 6.56. The summed E-state index contributed by atoms with van der Waals surface area (Å²) < 4.78 is 18.6. The highest BCUT2D eigenvalue weighted by Gasteiger charge is 2.40. The fourth-order valence-electron chi connectivity index (χ4n) is 2.31. The van der Waals surface area contributed by atoms with Gasteiger partial charge in [-0.1, -0.05) is 30.9 Å². The lowest BCUT2D eigenvalue weighted by atomic mass is 10.1. The van der Waals surface area contributed by atoms with E-state index < -0.39 is 8.80 Å². The molecule has 1 aromatic carbocycles. The first-order chi connectivity index (χ1) is 10.2. The largest absolute Gasteiger partial charge is 0.536 e. The van der Waals surface area contributed by atoms with Gasteiger partial charge in [-0.3, -0.25) is 0 Å². The Kier molecular flexibility index (Phi) is 5.08. The van der Waals surface area contributed by atoms with Gasteiger partial charge in [-0.25, -0.2) is 4.98 Å². The van der Waals surface area contributed by atoms with Crippen molar-refractivity contribution in [1.29, 1.82) is 0 Å². The second kappa shape index (κ2) is 6.82. The summed E-state index contributed by atoms with van der Waals surface area (Å²) in [7, 11) is 2.00. The van der Waals surface area contributed by atoms with Crippen molar-refractivity contribution >= 4 is 20.1 Å². The SMILES string of the molecule is C=Cc1ccc([Si](OC)(OC)OC)cc1Cn1ccnc1. The smallest absolute Gasteiger partial charge is 0.373 e. The standard InChI is InChI=1S/C15H20N2O3Si/c1-5-13-6-7-15(21(18-2,19-3)20-4)10-14(13)11-17-9-8-16-12-17/h5-10,12H,1,11H2,2-4H3. The lowest BCUT2D eigenvalue weighted by Gasteiger charge is -2.25. The Morgan fingerprint density at radius 2 is 1.95 bits per heavy atom. The van der Waals surface area contributed by atoms with Crippen molar-refractivity contribution in [3.8, 4) is 0 Å². The molecule has 0 saturated carbocycles. The van der Waals surface area contributed by atoms with E-state index in [0.29, 0.717) is 6.54 Å². The molecule has 0 atom stereocenters. The molecule has 2 rings (SSSR count). The van der Waals surface area contributed by atoms with Gasteiger partial charge in [0.15, 0.2) is 0 Å². The van der Waals surface area contributed by atoms with Crippen molar-refractivity contribution in [3.05, 3.63) is 54.6 Å². The normalized spacial score (nSPS) is 11.6. The number of imidazole rings is 1. The van der Waals surface area contributed by atoms with Gasteiger partial charge < -0.3 is 17.8 Å². The third kappa shape index (κ3) is 3.13. The predicted octanol–water partition coefficient (Wildman–Crippen LogP) is 1.66. The van der Waals surface area contributed by atoms with Gasteiger partial charge in [-0.2, -0.15) is 0 Å². The minimum atomic E-state index is -2.82. The zero-order chi connectivity index (χ0) is 15.3. The summed E-state index contributed by atoms with van der Waals surface area (Å²) >= 11 is 0. The minimum Gasteiger partial charge on any atom is -0.373 e. The molecule has 0 bridgehead atoms. The topological polar surface area (TPSA) is 45.5 Å². The maximum Gasteiger partial charge on any atom is 0.536 e. The Bertz CT molecular complexity index is 587. The summed E-state index contributed by atoms with van der Waals surface area (Å²) in [6, 6.07) is 6.03. The van der Waals surface area contributed by atoms with Crippen LogP contribution < -0.4 is 5.19 Å². The molecule has 0 aliphatic rings. The van der Waals surface area contributed by atoms with Gasteiger partial charge in [0, 0.05) is 45.5 Å². The van der Waals surface area contributed by atoms with E-state index in [2.05, 4.69) is 17.6 Å². The number of nitrogens with zero attached hydrogens (tertiary/aromatic N) is 2. The van der Waals surface area contributed by atoms with Crippen molar-refractivity contribution in [1.82, 2.24) is 9.55 Å². The van der Waals surface area contributed by atoms with Crippen LogP contribution >= 0.6 is 0 Å². The average Bonchev–Trinajstić information content (AvgIpc) is 3.03. The van der Waals surface area contributed by atoms with Gasteiger partial charge in [-0.15, -0.1) is 0 Å². The van der Waals surface area contributed by atoms with Gasteiger partial charge in [0.1, 0.15) is 0 Å². The van der Waals surface area contributed by atoms with Gasteiger partial charge in [0.05, 0.1) is 6.33 Å². The highest BCUT2D eigenvalue weighted by Crippen LogP contribution is 2.15. The van der Waals surface area contributed by atoms with Crippen molar-refractivity contribution in [2.24, 2.45) is 0 Å². The summed E-state index contributed by atoms with van der Waals surface area (Å²) in [5.74, 6) is 0. The molecule has 0 amide bonds. The molecule has 5 nitrogen and oxygen atoms in total. The van der Waals surface area contributed by atoms with E-state index in [1.54, 1.807) is 33.9 Å². The summed E-state index contributed by atoms with van der Waals surface area (Å²) in [4.78, 5) is 4.07. The van der Waals surface area contributed by atoms with Crippen molar-refractivity contribution in [3.63, 3.8) is 0 Å². The lowest BCUT2D eigenvalue weighted by Crippen LogP contribution is -2.54. The Morgan fingerprint density at radius 1 is 1.24 bits per heavy atom. The predicted molar refractivity (Wildman–Crippen MR) is 84.3 cm³/mol. The molecule has 0 fully saturated rings. The molecule has 0 N–H and O–H groups in total. The molecule has 1 heterocycles. The summed E-state index contributed by atoms with van der Waals surface area (Å²) in [5, 5.41) is 0.927. The van der Waals surface area contributed by atoms with E-state index in [0.717, 1.165) is 16.3 Å². The van der Waals surface area contributed by atoms with E-state index >= 15 is 0 Å². The fourth-order valence-corrected chi connectivity index (χ4v) is 4.16. The molecule has 2 aromatic rings. The highest BCUT2D eigenvalue weighted by atomic mass is 28.4. The van der Waals surface area contributed by atoms with Crippen LogP contribution in [0.4, 0.5) is 0 Å². The van der Waals surface area contributed by atoms with Crippen LogP contribution in [-0.4, -0.2) is 39.7 Å². The molecule has 0 aliphatic carbocycles. The molecule has 0 spiro atoms. The molecule has 112 valence electrons. The first kappa shape index (κ1) is 15.7. The monoisotopic (exact) mass is 304 g/mol. The molecule has 0 saturated heterocycles. The number of rotatable bonds is 7. The molecule has 0 radical (unpaired) electrons. The Morgan fingerprint density at radius 3 is 2.48 bits per heavy atom. The van der Waals surface area contributed by atoms with E-state index in [1.165, 1.54) is 0 Å². The van der Waals surface area contributed by atoms with E-state index in [4.69, 9.17) is 13.3 Å². The third-order valence-corrected chi connectivity index (χ3v) is 6.07. The van der Waals surface area contributed by atoms with Gasteiger partial charge >= 0.3 is 8.80 Å². The Hall–Kier alpha value is -1.73. The van der Waals surface area contributed by atoms with Gasteiger partial charge in [0.2, 0.25) is 0 Å². The maximum absolute atomic E-state index is 5.54. The van der Waals surface area contributed by atoms with Crippen molar-refractivity contribution in [2.75, 3.05) is 21.3 Å². The van der Waals surface area contributed by atoms with E-state index in [-0.39, 0.29) is 0 Å². The van der Waals surface area contributed by atoms with Crippen molar-refractivity contribution < 1.29 is 13.3 Å². The van der Waals surface area contributed by atoms with Crippen LogP contribution in [-0.2, 0) is 19.8 Å². The van der Waals surface area contributed by atoms with Gasteiger partial charge in [0.25, 0.3) is 0 Å². The molecule has 0 unspecified atom stereocenters. The second-order valence-corrected chi connectivity index (χ2v) is 7.44. The van der Waals surface area contributed by atoms with Crippen molar-refractivity contribution in [2.45, 2.75) is 6.54 Å². The minimum absolute atomic E-state index is 0.705. The summed E-state index contributed by atoms with van der Waals surface area (Å²) in [6.45, 7) is 4.57. The molecule has 0 aliphatic heterocycles. The number of hydrogen-bond donors (Lipinski definition) is 0. The molecular weight excluding hydrogens is 284 g/mol. The van der Waals surface area contributed by atoms with Crippen LogP contribution in [0.25, 0.3) is 6.08 Å². The molecule has 1 aromatic heterocycles. The summed E-state index contributed by atoms with van der Waals surface area (Å²) in [6.07, 6.45) is 7.31. The van der Waals surface area contributed by atoms with E-state index in [9.17, 15) is 0 Å².